The Kier molecular flexibility index (Phi) is 2.81. The lowest BCUT2D eigenvalue weighted by atomic mass is 10.3. The van der Waals surface area contributed by atoms with E-state index in [1.165, 1.54) is 6.07 Å². The van der Waals surface area contributed by atoms with Gasteiger partial charge in [-0.1, -0.05) is 6.07 Å². The molecule has 2 aromatic heterocycles. The van der Waals surface area contributed by atoms with E-state index in [0.717, 1.165) is 23.0 Å². The summed E-state index contributed by atoms with van der Waals surface area (Å²) in [5.74, 6) is 0.959. The van der Waals surface area contributed by atoms with Crippen molar-refractivity contribution in [3.8, 4) is 5.82 Å². The van der Waals surface area contributed by atoms with Crippen LogP contribution in [0.5, 0.6) is 0 Å². The number of aromatic nitrogens is 3. The molecule has 0 bridgehead atoms. The fraction of sp³-hybridized carbons (Fsp3) is 0.357. The van der Waals surface area contributed by atoms with Gasteiger partial charge in [0, 0.05) is 25.0 Å². The molecule has 1 fully saturated rings. The van der Waals surface area contributed by atoms with Crippen LogP contribution < -0.4 is 11.2 Å². The summed E-state index contributed by atoms with van der Waals surface area (Å²) in [7, 11) is 0. The highest BCUT2D eigenvalue weighted by Gasteiger charge is 2.22. The maximum absolute atomic E-state index is 12.3. The molecule has 19 heavy (non-hydrogen) atoms. The zero-order valence-electron chi connectivity index (χ0n) is 10.7. The monoisotopic (exact) mass is 257 g/mol. The highest BCUT2D eigenvalue weighted by Crippen LogP contribution is 2.29. The summed E-state index contributed by atoms with van der Waals surface area (Å²) in [6.45, 7) is 2.60. The molecule has 98 valence electrons. The molecule has 1 aliphatic rings. The Morgan fingerprint density at radius 2 is 2.05 bits per heavy atom. The van der Waals surface area contributed by atoms with E-state index in [-0.39, 0.29) is 11.2 Å². The second kappa shape index (κ2) is 4.50. The van der Waals surface area contributed by atoms with Gasteiger partial charge >= 0.3 is 5.69 Å². The van der Waals surface area contributed by atoms with Gasteiger partial charge in [-0.3, -0.25) is 9.36 Å². The molecule has 5 nitrogen and oxygen atoms in total. The largest absolute Gasteiger partial charge is 0.336 e. The minimum Gasteiger partial charge on any atom is -0.300 e. The SMILES string of the molecule is Cc1ccc(-n2c(=O)ccn(CC3CC3)c2=O)nc1. The van der Waals surface area contributed by atoms with Gasteiger partial charge in [0.25, 0.3) is 5.56 Å². The van der Waals surface area contributed by atoms with E-state index in [0.29, 0.717) is 18.3 Å². The fourth-order valence-electron chi connectivity index (χ4n) is 2.04. The Morgan fingerprint density at radius 1 is 1.26 bits per heavy atom. The van der Waals surface area contributed by atoms with Gasteiger partial charge in [0.2, 0.25) is 0 Å². The average Bonchev–Trinajstić information content (AvgIpc) is 3.19. The first kappa shape index (κ1) is 11.9. The number of nitrogens with zero attached hydrogens (tertiary/aromatic N) is 3. The molecule has 0 atom stereocenters. The van der Waals surface area contributed by atoms with Crippen molar-refractivity contribution < 1.29 is 0 Å². The minimum atomic E-state index is -0.339. The molecule has 0 aliphatic heterocycles. The predicted molar refractivity (Wildman–Crippen MR) is 71.6 cm³/mol. The summed E-state index contributed by atoms with van der Waals surface area (Å²) in [6, 6.07) is 4.96. The Hall–Kier alpha value is -2.17. The van der Waals surface area contributed by atoms with Gasteiger partial charge in [-0.15, -0.1) is 0 Å². The van der Waals surface area contributed by atoms with Crippen molar-refractivity contribution in [3.63, 3.8) is 0 Å². The van der Waals surface area contributed by atoms with E-state index in [1.807, 2.05) is 13.0 Å². The van der Waals surface area contributed by atoms with E-state index < -0.39 is 0 Å². The molecular weight excluding hydrogens is 242 g/mol. The van der Waals surface area contributed by atoms with Crippen LogP contribution in [0.2, 0.25) is 0 Å². The maximum atomic E-state index is 12.3. The van der Waals surface area contributed by atoms with Crippen LogP contribution >= 0.6 is 0 Å². The second-order valence-corrected chi connectivity index (χ2v) is 5.06. The molecule has 1 aliphatic carbocycles. The lowest BCUT2D eigenvalue weighted by Crippen LogP contribution is -2.38. The number of aryl methyl sites for hydroxylation is 1. The first-order valence-corrected chi connectivity index (χ1v) is 6.41. The van der Waals surface area contributed by atoms with Crippen molar-refractivity contribution in [3.05, 3.63) is 57.0 Å². The van der Waals surface area contributed by atoms with E-state index in [4.69, 9.17) is 0 Å². The first-order chi connectivity index (χ1) is 9.15. The first-order valence-electron chi connectivity index (χ1n) is 6.41. The van der Waals surface area contributed by atoms with Crippen LogP contribution in [0.25, 0.3) is 5.82 Å². The smallest absolute Gasteiger partial charge is 0.300 e. The highest BCUT2D eigenvalue weighted by atomic mass is 16.2. The third-order valence-electron chi connectivity index (χ3n) is 3.33. The summed E-state index contributed by atoms with van der Waals surface area (Å²) in [5, 5.41) is 0. The van der Waals surface area contributed by atoms with E-state index in [2.05, 4.69) is 4.98 Å². The molecule has 0 spiro atoms. The van der Waals surface area contributed by atoms with Crippen molar-refractivity contribution in [1.29, 1.82) is 0 Å². The lowest BCUT2D eigenvalue weighted by molar-refractivity contribution is 0.572. The van der Waals surface area contributed by atoms with Crippen molar-refractivity contribution in [1.82, 2.24) is 14.1 Å². The summed E-state index contributed by atoms with van der Waals surface area (Å²) in [6.07, 6.45) is 5.55. The lowest BCUT2D eigenvalue weighted by Gasteiger charge is -2.08. The van der Waals surface area contributed by atoms with Crippen LogP contribution in [-0.4, -0.2) is 14.1 Å². The van der Waals surface area contributed by atoms with Gasteiger partial charge in [-0.25, -0.2) is 14.3 Å². The van der Waals surface area contributed by atoms with Gasteiger partial charge < -0.3 is 0 Å². The van der Waals surface area contributed by atoms with Crippen LogP contribution in [0.1, 0.15) is 18.4 Å². The molecule has 0 unspecified atom stereocenters. The second-order valence-electron chi connectivity index (χ2n) is 5.06. The van der Waals surface area contributed by atoms with E-state index in [1.54, 1.807) is 23.0 Å². The number of hydrogen-bond acceptors (Lipinski definition) is 3. The van der Waals surface area contributed by atoms with Crippen LogP contribution in [0.4, 0.5) is 0 Å². The predicted octanol–water partition coefficient (Wildman–Crippen LogP) is 1.11. The van der Waals surface area contributed by atoms with Gasteiger partial charge in [0.05, 0.1) is 0 Å². The van der Waals surface area contributed by atoms with E-state index in [9.17, 15) is 9.59 Å². The van der Waals surface area contributed by atoms with Gasteiger partial charge in [0.1, 0.15) is 5.82 Å². The standard InChI is InChI=1S/C14H15N3O2/c1-10-2-5-12(15-8-10)17-13(18)6-7-16(14(17)19)9-11-3-4-11/h2,5-8,11H,3-4,9H2,1H3. The Bertz CT molecular complexity index is 709. The molecule has 0 radical (unpaired) electrons. The van der Waals surface area contributed by atoms with Crippen LogP contribution in [0.3, 0.4) is 0 Å². The molecule has 5 heteroatoms. The molecule has 0 saturated heterocycles. The van der Waals surface area contributed by atoms with Crippen molar-refractivity contribution >= 4 is 0 Å². The zero-order valence-corrected chi connectivity index (χ0v) is 10.7. The summed E-state index contributed by atoms with van der Waals surface area (Å²) >= 11 is 0. The molecule has 0 amide bonds. The van der Waals surface area contributed by atoms with E-state index >= 15 is 0 Å². The zero-order chi connectivity index (χ0) is 13.4. The van der Waals surface area contributed by atoms with Crippen LogP contribution in [0, 0.1) is 12.8 Å². The fourth-order valence-corrected chi connectivity index (χ4v) is 2.04. The maximum Gasteiger partial charge on any atom is 0.336 e. The summed E-state index contributed by atoms with van der Waals surface area (Å²) < 4.78 is 2.72. The molecule has 0 N–H and O–H groups in total. The minimum absolute atomic E-state index is 0.309. The van der Waals surface area contributed by atoms with Crippen LogP contribution in [-0.2, 0) is 6.54 Å². The topological polar surface area (TPSA) is 56.9 Å². The molecule has 2 aromatic rings. The third-order valence-corrected chi connectivity index (χ3v) is 3.33. The Labute approximate surface area is 110 Å². The van der Waals surface area contributed by atoms with Gasteiger partial charge in [0.15, 0.2) is 0 Å². The molecule has 3 rings (SSSR count). The molecule has 1 saturated carbocycles. The normalized spacial score (nSPS) is 14.6. The molecule has 2 heterocycles. The van der Waals surface area contributed by atoms with Crippen LogP contribution in [0.15, 0.2) is 40.2 Å². The average molecular weight is 257 g/mol. The number of hydrogen-bond donors (Lipinski definition) is 0. The highest BCUT2D eigenvalue weighted by molar-refractivity contribution is 5.24. The van der Waals surface area contributed by atoms with Gasteiger partial charge in [-0.05, 0) is 37.3 Å². The van der Waals surface area contributed by atoms with Crippen molar-refractivity contribution in [2.75, 3.05) is 0 Å². The summed E-state index contributed by atoms with van der Waals surface area (Å²) in [4.78, 5) is 28.4. The molecule has 0 aromatic carbocycles. The van der Waals surface area contributed by atoms with Gasteiger partial charge in [-0.2, -0.15) is 0 Å². The number of rotatable bonds is 3. The Balaban J connectivity index is 2.11. The summed E-state index contributed by atoms with van der Waals surface area (Å²) in [5.41, 5.74) is 0.343. The van der Waals surface area contributed by atoms with Crippen molar-refractivity contribution in [2.45, 2.75) is 26.3 Å². The number of pyridine rings is 1. The quantitative estimate of drug-likeness (QED) is 0.827. The molecular formula is C14H15N3O2. The van der Waals surface area contributed by atoms with Crippen molar-refractivity contribution in [2.24, 2.45) is 5.92 Å². The Morgan fingerprint density at radius 3 is 2.68 bits per heavy atom. The third kappa shape index (κ3) is 2.36.